The first kappa shape index (κ1) is 12.1. The van der Waals surface area contributed by atoms with Crippen LogP contribution in [0, 0.1) is 18.5 Å². The Morgan fingerprint density at radius 2 is 1.95 bits per heavy atom. The zero-order chi connectivity index (χ0) is 13.4. The van der Waals surface area contributed by atoms with Crippen LogP contribution in [0.25, 0.3) is 10.9 Å². The van der Waals surface area contributed by atoms with Crippen molar-refractivity contribution < 1.29 is 0 Å². The monoisotopic (exact) mass is 269 g/mol. The highest BCUT2D eigenvalue weighted by Crippen LogP contribution is 2.25. The average Bonchev–Trinajstić information content (AvgIpc) is 2.67. The van der Waals surface area contributed by atoms with Crippen molar-refractivity contribution in [3.63, 3.8) is 0 Å². The van der Waals surface area contributed by atoms with Crippen LogP contribution in [0.4, 0.5) is 0 Å². The fourth-order valence-corrected chi connectivity index (χ4v) is 2.74. The molecular weight excluding hydrogens is 254 g/mol. The zero-order valence-electron chi connectivity index (χ0n) is 11.0. The Kier molecular flexibility index (Phi) is 2.95. The summed E-state index contributed by atoms with van der Waals surface area (Å²) in [6.07, 6.45) is 1.86. The van der Waals surface area contributed by atoms with Gasteiger partial charge >= 0.3 is 0 Å². The van der Waals surface area contributed by atoms with Gasteiger partial charge in [0.1, 0.15) is 4.64 Å². The molecule has 0 aliphatic rings. The van der Waals surface area contributed by atoms with Gasteiger partial charge in [-0.3, -0.25) is 5.10 Å². The third kappa shape index (κ3) is 1.98. The number of aromatic amines is 1. The van der Waals surface area contributed by atoms with Crippen LogP contribution in [-0.2, 0) is 6.54 Å². The summed E-state index contributed by atoms with van der Waals surface area (Å²) in [5.74, 6) is 0. The van der Waals surface area contributed by atoms with E-state index in [1.54, 1.807) is 0 Å². The molecule has 0 bridgehead atoms. The van der Waals surface area contributed by atoms with Crippen molar-refractivity contribution in [3.8, 4) is 0 Å². The highest BCUT2D eigenvalue weighted by Gasteiger charge is 2.12. The quantitative estimate of drug-likeness (QED) is 0.719. The summed E-state index contributed by atoms with van der Waals surface area (Å²) in [6.45, 7) is 5.08. The summed E-state index contributed by atoms with van der Waals surface area (Å²) < 4.78 is 2.96. The SMILES string of the molecule is Cc1c(C)n(Cc2ccccc2)c2c(=S)[nH]ncc12. The first-order chi connectivity index (χ1) is 9.18. The number of benzene rings is 1. The van der Waals surface area contributed by atoms with Crippen molar-refractivity contribution in [1.29, 1.82) is 0 Å². The number of nitrogens with one attached hydrogen (secondary N) is 1. The van der Waals surface area contributed by atoms with Crippen molar-refractivity contribution >= 4 is 23.1 Å². The van der Waals surface area contributed by atoms with Gasteiger partial charge in [-0.15, -0.1) is 0 Å². The largest absolute Gasteiger partial charge is 0.338 e. The summed E-state index contributed by atoms with van der Waals surface area (Å²) in [5.41, 5.74) is 4.84. The van der Waals surface area contributed by atoms with Crippen molar-refractivity contribution in [2.75, 3.05) is 0 Å². The van der Waals surface area contributed by atoms with E-state index < -0.39 is 0 Å². The number of rotatable bonds is 2. The van der Waals surface area contributed by atoms with Crippen LogP contribution in [-0.4, -0.2) is 14.8 Å². The molecule has 0 spiro atoms. The van der Waals surface area contributed by atoms with E-state index in [2.05, 4.69) is 52.9 Å². The summed E-state index contributed by atoms with van der Waals surface area (Å²) in [6, 6.07) is 10.4. The van der Waals surface area contributed by atoms with E-state index in [0.717, 1.165) is 17.4 Å². The first-order valence-electron chi connectivity index (χ1n) is 6.25. The number of aromatic nitrogens is 3. The van der Waals surface area contributed by atoms with E-state index in [4.69, 9.17) is 12.2 Å². The standard InChI is InChI=1S/C15H15N3S/c1-10-11(2)18(9-12-6-4-3-5-7-12)14-13(10)8-16-17-15(14)19/h3-8H,9H2,1-2H3,(H,17,19). The molecule has 0 aliphatic carbocycles. The fourth-order valence-electron chi connectivity index (χ4n) is 2.46. The summed E-state index contributed by atoms with van der Waals surface area (Å²) in [7, 11) is 0. The predicted octanol–water partition coefficient (Wildman–Crippen LogP) is 3.76. The topological polar surface area (TPSA) is 33.6 Å². The van der Waals surface area contributed by atoms with Gasteiger partial charge in [0.05, 0.1) is 11.7 Å². The van der Waals surface area contributed by atoms with Gasteiger partial charge in [-0.2, -0.15) is 5.10 Å². The lowest BCUT2D eigenvalue weighted by Gasteiger charge is -2.08. The van der Waals surface area contributed by atoms with Crippen LogP contribution in [0.5, 0.6) is 0 Å². The Labute approximate surface area is 116 Å². The molecule has 0 atom stereocenters. The zero-order valence-corrected chi connectivity index (χ0v) is 11.8. The highest BCUT2D eigenvalue weighted by molar-refractivity contribution is 7.71. The van der Waals surface area contributed by atoms with Gasteiger partial charge in [0, 0.05) is 17.6 Å². The molecule has 3 nitrogen and oxygen atoms in total. The minimum Gasteiger partial charge on any atom is -0.338 e. The molecule has 0 aliphatic heterocycles. The van der Waals surface area contributed by atoms with Gasteiger partial charge in [0.2, 0.25) is 0 Å². The maximum Gasteiger partial charge on any atom is 0.144 e. The van der Waals surface area contributed by atoms with E-state index in [1.165, 1.54) is 16.8 Å². The van der Waals surface area contributed by atoms with Gasteiger partial charge in [-0.1, -0.05) is 42.5 Å². The number of fused-ring (bicyclic) bond motifs is 1. The van der Waals surface area contributed by atoms with Crippen molar-refractivity contribution in [2.45, 2.75) is 20.4 Å². The smallest absolute Gasteiger partial charge is 0.144 e. The van der Waals surface area contributed by atoms with Crippen LogP contribution >= 0.6 is 12.2 Å². The number of hydrogen-bond donors (Lipinski definition) is 1. The van der Waals surface area contributed by atoms with Gasteiger partial charge in [0.15, 0.2) is 0 Å². The van der Waals surface area contributed by atoms with Crippen LogP contribution in [0.15, 0.2) is 36.5 Å². The van der Waals surface area contributed by atoms with Gasteiger partial charge in [-0.05, 0) is 25.0 Å². The summed E-state index contributed by atoms with van der Waals surface area (Å²) >= 11 is 5.39. The molecule has 2 heterocycles. The second-order valence-electron chi connectivity index (χ2n) is 4.74. The molecule has 3 rings (SSSR count). The van der Waals surface area contributed by atoms with Gasteiger partial charge < -0.3 is 4.57 Å². The summed E-state index contributed by atoms with van der Waals surface area (Å²) in [5, 5.41) is 8.11. The third-order valence-corrected chi connectivity index (χ3v) is 3.92. The van der Waals surface area contributed by atoms with E-state index in [9.17, 15) is 0 Å². The third-order valence-electron chi connectivity index (χ3n) is 3.63. The Balaban J connectivity index is 2.24. The van der Waals surface area contributed by atoms with Crippen LogP contribution in [0.3, 0.4) is 0 Å². The van der Waals surface area contributed by atoms with Gasteiger partial charge in [-0.25, -0.2) is 0 Å². The molecule has 1 aromatic carbocycles. The first-order valence-corrected chi connectivity index (χ1v) is 6.66. The molecule has 96 valence electrons. The normalized spacial score (nSPS) is 11.1. The Morgan fingerprint density at radius 3 is 2.68 bits per heavy atom. The molecule has 0 amide bonds. The van der Waals surface area contributed by atoms with Crippen LogP contribution in [0.1, 0.15) is 16.8 Å². The molecule has 4 heteroatoms. The average molecular weight is 269 g/mol. The maximum atomic E-state index is 5.39. The molecule has 0 radical (unpaired) electrons. The van der Waals surface area contributed by atoms with Crippen molar-refractivity contribution in [1.82, 2.24) is 14.8 Å². The molecule has 0 saturated heterocycles. The second-order valence-corrected chi connectivity index (χ2v) is 5.15. The summed E-state index contributed by atoms with van der Waals surface area (Å²) in [4.78, 5) is 0. The van der Waals surface area contributed by atoms with Crippen molar-refractivity contribution in [2.24, 2.45) is 0 Å². The van der Waals surface area contributed by atoms with E-state index in [-0.39, 0.29) is 0 Å². The number of nitrogens with zero attached hydrogens (tertiary/aromatic N) is 2. The minimum atomic E-state index is 0.699. The molecule has 0 saturated carbocycles. The Morgan fingerprint density at radius 1 is 1.21 bits per heavy atom. The lowest BCUT2D eigenvalue weighted by atomic mass is 10.2. The number of hydrogen-bond acceptors (Lipinski definition) is 2. The molecule has 0 unspecified atom stereocenters. The number of H-pyrrole nitrogens is 1. The molecule has 0 fully saturated rings. The van der Waals surface area contributed by atoms with Crippen LogP contribution < -0.4 is 0 Å². The van der Waals surface area contributed by atoms with E-state index in [1.807, 2.05) is 12.3 Å². The molecule has 3 aromatic rings. The Hall–Kier alpha value is -1.94. The van der Waals surface area contributed by atoms with Crippen LogP contribution in [0.2, 0.25) is 0 Å². The molecule has 19 heavy (non-hydrogen) atoms. The fraction of sp³-hybridized carbons (Fsp3) is 0.200. The lowest BCUT2D eigenvalue weighted by Crippen LogP contribution is -2.02. The van der Waals surface area contributed by atoms with Gasteiger partial charge in [0.25, 0.3) is 0 Å². The highest BCUT2D eigenvalue weighted by atomic mass is 32.1. The molecule has 2 aromatic heterocycles. The second kappa shape index (κ2) is 4.63. The van der Waals surface area contributed by atoms with Crippen molar-refractivity contribution in [3.05, 3.63) is 58.0 Å². The molecule has 1 N–H and O–H groups in total. The minimum absolute atomic E-state index is 0.699. The van der Waals surface area contributed by atoms with E-state index >= 15 is 0 Å². The predicted molar refractivity (Wildman–Crippen MR) is 79.9 cm³/mol. The maximum absolute atomic E-state index is 5.39. The lowest BCUT2D eigenvalue weighted by molar-refractivity contribution is 0.796. The molecular formula is C15H15N3S. The number of aryl methyl sites for hydroxylation is 1. The van der Waals surface area contributed by atoms with E-state index in [0.29, 0.717) is 4.64 Å². The Bertz CT molecular complexity index is 784.